The lowest BCUT2D eigenvalue weighted by Crippen LogP contribution is -2.26. The molecule has 1 aromatic carbocycles. The molecule has 7 nitrogen and oxygen atoms in total. The largest absolute Gasteiger partial charge is 0.489 e. The van der Waals surface area contributed by atoms with Crippen molar-refractivity contribution in [3.05, 3.63) is 83.0 Å². The average molecular weight is 426 g/mol. The fourth-order valence-electron chi connectivity index (χ4n) is 3.65. The first kappa shape index (κ1) is 20.6. The number of nitrogens with zero attached hydrogens (tertiary/aromatic N) is 4. The topological polar surface area (TPSA) is 89.6 Å². The summed E-state index contributed by atoms with van der Waals surface area (Å²) in [7, 11) is 0. The van der Waals surface area contributed by atoms with Crippen molar-refractivity contribution in [1.29, 1.82) is 0 Å². The lowest BCUT2D eigenvalue weighted by Gasteiger charge is -2.19. The maximum absolute atomic E-state index is 13.9. The Kier molecular flexibility index (Phi) is 5.26. The van der Waals surface area contributed by atoms with Crippen LogP contribution >= 0.6 is 0 Å². The molecule has 0 spiro atoms. The minimum absolute atomic E-state index is 0.0954. The molecule has 160 valence electrons. The molecule has 2 heterocycles. The second-order valence-electron chi connectivity index (χ2n) is 7.58. The maximum atomic E-state index is 13.9. The Labute approximate surface area is 176 Å². The number of aromatic nitrogens is 3. The van der Waals surface area contributed by atoms with Crippen LogP contribution in [-0.2, 0) is 10.2 Å². The number of hydrogen-bond acceptors (Lipinski definition) is 5. The quantitative estimate of drug-likeness (QED) is 0.634. The van der Waals surface area contributed by atoms with Gasteiger partial charge in [-0.2, -0.15) is 9.72 Å². The summed E-state index contributed by atoms with van der Waals surface area (Å²) in [6.45, 7) is 3.65. The first-order valence-electron chi connectivity index (χ1n) is 9.64. The SMILES string of the molecule is Cc1ncc(OC[C@@]2(c3cccc(F)c3)C[C@H]2C(=O)N=c2ccc(F)cn2O)c(C)n1. The minimum atomic E-state index is -0.791. The molecule has 1 aliphatic carbocycles. The van der Waals surface area contributed by atoms with Crippen molar-refractivity contribution in [3.8, 4) is 5.75 Å². The van der Waals surface area contributed by atoms with E-state index in [-0.39, 0.29) is 12.1 Å². The molecule has 2 atom stereocenters. The molecule has 1 amide bonds. The summed E-state index contributed by atoms with van der Waals surface area (Å²) in [5.74, 6) is -1.11. The van der Waals surface area contributed by atoms with Crippen molar-refractivity contribution in [3.63, 3.8) is 0 Å². The van der Waals surface area contributed by atoms with Gasteiger partial charge in [-0.05, 0) is 50.1 Å². The minimum Gasteiger partial charge on any atom is -0.489 e. The molecule has 1 fully saturated rings. The zero-order valence-electron chi connectivity index (χ0n) is 16.9. The molecule has 31 heavy (non-hydrogen) atoms. The maximum Gasteiger partial charge on any atom is 0.251 e. The summed E-state index contributed by atoms with van der Waals surface area (Å²) >= 11 is 0. The summed E-state index contributed by atoms with van der Waals surface area (Å²) in [5, 5.41) is 9.77. The predicted octanol–water partition coefficient (Wildman–Crippen LogP) is 2.87. The van der Waals surface area contributed by atoms with Crippen molar-refractivity contribution in [2.45, 2.75) is 25.7 Å². The molecule has 3 aromatic rings. The predicted molar refractivity (Wildman–Crippen MR) is 105 cm³/mol. The molecule has 1 aliphatic rings. The Bertz CT molecular complexity index is 1230. The number of rotatable bonds is 5. The van der Waals surface area contributed by atoms with E-state index in [4.69, 9.17) is 4.74 Å². The summed E-state index contributed by atoms with van der Waals surface area (Å²) < 4.78 is 33.5. The standard InChI is InChI=1S/C22H20F2N4O3/c1-13-19(10-25-14(2)26-13)31-12-22(15-4-3-5-16(23)8-15)9-18(22)21(29)27-20-7-6-17(24)11-28(20)30/h3-8,10-11,18,30H,9,12H2,1-2H3/t18-,22+/m0/s1. The van der Waals surface area contributed by atoms with E-state index in [9.17, 15) is 18.8 Å². The number of halogens is 2. The first-order valence-corrected chi connectivity index (χ1v) is 9.64. The van der Waals surface area contributed by atoms with E-state index >= 15 is 0 Å². The van der Waals surface area contributed by atoms with E-state index in [2.05, 4.69) is 15.0 Å². The second kappa shape index (κ2) is 7.90. The Hall–Kier alpha value is -3.62. The van der Waals surface area contributed by atoms with E-state index in [0.29, 0.717) is 34.0 Å². The fraction of sp³-hybridized carbons (Fsp3) is 0.273. The summed E-state index contributed by atoms with van der Waals surface area (Å²) in [6.07, 6.45) is 2.76. The van der Waals surface area contributed by atoms with Crippen molar-refractivity contribution in [2.75, 3.05) is 6.61 Å². The van der Waals surface area contributed by atoms with Crippen LogP contribution in [0, 0.1) is 31.4 Å². The molecule has 4 rings (SSSR count). The van der Waals surface area contributed by atoms with E-state index in [0.717, 1.165) is 12.3 Å². The molecular weight excluding hydrogens is 406 g/mol. The van der Waals surface area contributed by atoms with Crippen molar-refractivity contribution < 1.29 is 23.5 Å². The van der Waals surface area contributed by atoms with Gasteiger partial charge in [-0.25, -0.2) is 18.7 Å². The van der Waals surface area contributed by atoms with Crippen LogP contribution in [0.1, 0.15) is 23.5 Å². The molecule has 1 saturated carbocycles. The van der Waals surface area contributed by atoms with Gasteiger partial charge in [0.2, 0.25) is 0 Å². The highest BCUT2D eigenvalue weighted by Gasteiger charge is 2.60. The van der Waals surface area contributed by atoms with Gasteiger partial charge in [-0.15, -0.1) is 0 Å². The lowest BCUT2D eigenvalue weighted by atomic mass is 9.93. The highest BCUT2D eigenvalue weighted by Crippen LogP contribution is 2.55. The number of ether oxygens (including phenoxy) is 1. The van der Waals surface area contributed by atoms with Crippen molar-refractivity contribution in [2.24, 2.45) is 10.9 Å². The van der Waals surface area contributed by atoms with E-state index in [1.807, 2.05) is 0 Å². The Balaban J connectivity index is 1.64. The van der Waals surface area contributed by atoms with Gasteiger partial charge in [-0.3, -0.25) is 4.79 Å². The molecule has 0 radical (unpaired) electrons. The van der Waals surface area contributed by atoms with Crippen LogP contribution in [0.15, 0.2) is 53.8 Å². The van der Waals surface area contributed by atoms with Crippen LogP contribution in [0.25, 0.3) is 0 Å². The highest BCUT2D eigenvalue weighted by atomic mass is 19.1. The number of carbonyl (C=O) groups excluding carboxylic acids is 1. The third kappa shape index (κ3) is 4.16. The number of hydrogen-bond donors (Lipinski definition) is 1. The van der Waals surface area contributed by atoms with Crippen LogP contribution in [0.5, 0.6) is 5.75 Å². The van der Waals surface area contributed by atoms with E-state index in [1.54, 1.807) is 32.2 Å². The molecule has 0 unspecified atom stereocenters. The van der Waals surface area contributed by atoms with Gasteiger partial charge in [0.1, 0.15) is 17.5 Å². The molecule has 2 aromatic heterocycles. The molecule has 0 aliphatic heterocycles. The second-order valence-corrected chi connectivity index (χ2v) is 7.58. The van der Waals surface area contributed by atoms with E-state index in [1.165, 1.54) is 18.2 Å². The molecule has 9 heteroatoms. The van der Waals surface area contributed by atoms with E-state index < -0.39 is 28.9 Å². The van der Waals surface area contributed by atoms with Gasteiger partial charge >= 0.3 is 0 Å². The van der Waals surface area contributed by atoms with Crippen LogP contribution in [0.4, 0.5) is 8.78 Å². The van der Waals surface area contributed by atoms with Gasteiger partial charge in [0, 0.05) is 5.41 Å². The zero-order valence-corrected chi connectivity index (χ0v) is 16.9. The number of benzene rings is 1. The summed E-state index contributed by atoms with van der Waals surface area (Å²) in [5.41, 5.74) is 0.376. The van der Waals surface area contributed by atoms with Gasteiger partial charge in [0.25, 0.3) is 5.91 Å². The Morgan fingerprint density at radius 1 is 1.29 bits per heavy atom. The van der Waals surface area contributed by atoms with Crippen molar-refractivity contribution >= 4 is 5.91 Å². The summed E-state index contributed by atoms with van der Waals surface area (Å²) in [4.78, 5) is 25.2. The summed E-state index contributed by atoms with van der Waals surface area (Å²) in [6, 6.07) is 8.30. The van der Waals surface area contributed by atoms with Gasteiger partial charge < -0.3 is 9.94 Å². The number of aryl methyl sites for hydroxylation is 2. The van der Waals surface area contributed by atoms with Crippen LogP contribution < -0.4 is 10.2 Å². The van der Waals surface area contributed by atoms with Gasteiger partial charge in [0.05, 0.1) is 30.6 Å². The van der Waals surface area contributed by atoms with Crippen LogP contribution in [0.2, 0.25) is 0 Å². The Morgan fingerprint density at radius 3 is 2.81 bits per heavy atom. The first-order chi connectivity index (χ1) is 14.8. The molecule has 0 saturated heterocycles. The third-order valence-electron chi connectivity index (χ3n) is 5.41. The average Bonchev–Trinajstić information content (AvgIpc) is 3.45. The third-order valence-corrected chi connectivity index (χ3v) is 5.41. The number of amides is 1. The fourth-order valence-corrected chi connectivity index (χ4v) is 3.65. The highest BCUT2D eigenvalue weighted by molar-refractivity contribution is 5.85. The molecule has 1 N–H and O–H groups in total. The lowest BCUT2D eigenvalue weighted by molar-refractivity contribution is -0.120. The number of carbonyl (C=O) groups is 1. The van der Waals surface area contributed by atoms with Gasteiger partial charge in [-0.1, -0.05) is 12.1 Å². The van der Waals surface area contributed by atoms with Crippen molar-refractivity contribution in [1.82, 2.24) is 14.7 Å². The Morgan fingerprint density at radius 2 is 2.10 bits per heavy atom. The normalized spacial score (nSPS) is 20.5. The zero-order chi connectivity index (χ0) is 22.2. The molecule has 0 bridgehead atoms. The van der Waals surface area contributed by atoms with Crippen LogP contribution in [-0.4, -0.2) is 32.4 Å². The smallest absolute Gasteiger partial charge is 0.251 e. The van der Waals surface area contributed by atoms with Crippen LogP contribution in [0.3, 0.4) is 0 Å². The van der Waals surface area contributed by atoms with Gasteiger partial charge in [0.15, 0.2) is 11.2 Å². The molecular formula is C22H20F2N4O3. The monoisotopic (exact) mass is 426 g/mol. The number of pyridine rings is 1.